The third kappa shape index (κ3) is 3.66. The van der Waals surface area contributed by atoms with Gasteiger partial charge in [-0.2, -0.15) is 4.98 Å². The number of likely N-dealkylation sites (N-methyl/N-ethyl adjacent to an activating group) is 1. The van der Waals surface area contributed by atoms with Gasteiger partial charge in [0.05, 0.1) is 6.42 Å². The van der Waals surface area contributed by atoms with E-state index in [-0.39, 0.29) is 12.3 Å². The van der Waals surface area contributed by atoms with Crippen molar-refractivity contribution < 1.29 is 14.3 Å². The SMILES string of the molecule is CSc1nc2nc(C)c(CC(=O)O[C@H](C)C(=O)N(C)C)c(C)n2n1. The smallest absolute Gasteiger partial charge is 0.311 e. The van der Waals surface area contributed by atoms with Gasteiger partial charge in [0.15, 0.2) is 6.10 Å². The summed E-state index contributed by atoms with van der Waals surface area (Å²) in [6, 6.07) is 0. The van der Waals surface area contributed by atoms with Crippen LogP contribution in [0.1, 0.15) is 23.9 Å². The Morgan fingerprint density at radius 3 is 2.54 bits per heavy atom. The molecule has 0 N–H and O–H groups in total. The monoisotopic (exact) mass is 351 g/mol. The fourth-order valence-electron chi connectivity index (χ4n) is 2.33. The maximum Gasteiger partial charge on any atom is 0.311 e. The molecule has 24 heavy (non-hydrogen) atoms. The first-order valence-corrected chi connectivity index (χ1v) is 8.64. The number of carbonyl (C=O) groups excluding carboxylic acids is 2. The number of fused-ring (bicyclic) bond motifs is 1. The predicted molar refractivity (Wildman–Crippen MR) is 90.0 cm³/mol. The van der Waals surface area contributed by atoms with Crippen molar-refractivity contribution in [2.24, 2.45) is 0 Å². The Labute approximate surface area is 144 Å². The molecule has 2 rings (SSSR count). The van der Waals surface area contributed by atoms with Crippen molar-refractivity contribution in [1.29, 1.82) is 0 Å². The van der Waals surface area contributed by atoms with E-state index in [4.69, 9.17) is 4.74 Å². The molecule has 2 aromatic heterocycles. The average molecular weight is 351 g/mol. The highest BCUT2D eigenvalue weighted by atomic mass is 32.2. The predicted octanol–water partition coefficient (Wildman–Crippen LogP) is 1.03. The fourth-order valence-corrected chi connectivity index (χ4v) is 2.67. The normalized spacial score (nSPS) is 12.2. The zero-order valence-electron chi connectivity index (χ0n) is 14.7. The molecule has 1 amide bonds. The molecule has 0 radical (unpaired) electrons. The number of rotatable bonds is 5. The lowest BCUT2D eigenvalue weighted by Crippen LogP contribution is -2.35. The van der Waals surface area contributed by atoms with Gasteiger partial charge in [-0.25, -0.2) is 9.50 Å². The maximum atomic E-state index is 12.2. The molecule has 0 unspecified atom stereocenters. The van der Waals surface area contributed by atoms with Crippen LogP contribution in [0.4, 0.5) is 0 Å². The van der Waals surface area contributed by atoms with Crippen LogP contribution in [0.5, 0.6) is 0 Å². The van der Waals surface area contributed by atoms with Crippen molar-refractivity contribution in [2.75, 3.05) is 20.4 Å². The Bertz CT molecular complexity index is 787. The van der Waals surface area contributed by atoms with Crippen molar-refractivity contribution >= 4 is 29.4 Å². The number of aryl methyl sites for hydroxylation is 2. The van der Waals surface area contributed by atoms with Gasteiger partial charge in [0, 0.05) is 31.0 Å². The van der Waals surface area contributed by atoms with Gasteiger partial charge >= 0.3 is 5.97 Å². The average Bonchev–Trinajstić information content (AvgIpc) is 2.93. The number of carbonyl (C=O) groups is 2. The Kier molecular flexibility index (Phi) is 5.43. The van der Waals surface area contributed by atoms with Crippen LogP contribution in [0.2, 0.25) is 0 Å². The summed E-state index contributed by atoms with van der Waals surface area (Å²) in [6.07, 6.45) is 1.10. The minimum absolute atomic E-state index is 0.0279. The molecule has 0 bridgehead atoms. The minimum atomic E-state index is -0.820. The molecule has 0 aliphatic heterocycles. The number of thioether (sulfide) groups is 1. The molecular formula is C15H21N5O3S. The first-order valence-electron chi connectivity index (χ1n) is 7.42. The highest BCUT2D eigenvalue weighted by Crippen LogP contribution is 2.17. The zero-order valence-corrected chi connectivity index (χ0v) is 15.5. The molecule has 0 aliphatic rings. The van der Waals surface area contributed by atoms with Gasteiger partial charge in [-0.05, 0) is 27.0 Å². The van der Waals surface area contributed by atoms with Gasteiger partial charge in [0.1, 0.15) is 0 Å². The van der Waals surface area contributed by atoms with Crippen molar-refractivity contribution in [3.63, 3.8) is 0 Å². The summed E-state index contributed by atoms with van der Waals surface area (Å²) >= 11 is 1.43. The molecule has 1 atom stereocenters. The molecule has 8 nitrogen and oxygen atoms in total. The Morgan fingerprint density at radius 1 is 1.29 bits per heavy atom. The minimum Gasteiger partial charge on any atom is -0.452 e. The summed E-state index contributed by atoms with van der Waals surface area (Å²) in [7, 11) is 3.24. The Balaban J connectivity index is 2.23. The standard InChI is InChI=1S/C15H21N5O3S/c1-8-11(7-12(21)23-10(3)13(22)19(4)5)9(2)20-14(16-8)17-15(18-20)24-6/h10H,7H2,1-6H3/t10-/m1/s1. The first-order chi connectivity index (χ1) is 11.2. The van der Waals surface area contributed by atoms with Crippen molar-refractivity contribution in [3.8, 4) is 0 Å². The summed E-state index contributed by atoms with van der Waals surface area (Å²) in [5.74, 6) is -0.232. The number of hydrogen-bond donors (Lipinski definition) is 0. The number of amides is 1. The number of ether oxygens (including phenoxy) is 1. The maximum absolute atomic E-state index is 12.2. The topological polar surface area (TPSA) is 89.7 Å². The Morgan fingerprint density at radius 2 is 1.96 bits per heavy atom. The molecule has 2 aromatic rings. The highest BCUT2D eigenvalue weighted by Gasteiger charge is 2.22. The summed E-state index contributed by atoms with van der Waals surface area (Å²) in [5.41, 5.74) is 2.21. The highest BCUT2D eigenvalue weighted by molar-refractivity contribution is 7.98. The summed E-state index contributed by atoms with van der Waals surface area (Å²) < 4.78 is 6.84. The lowest BCUT2D eigenvalue weighted by atomic mass is 10.1. The molecule has 0 aromatic carbocycles. The molecule has 0 spiro atoms. The molecule has 0 fully saturated rings. The van der Waals surface area contributed by atoms with E-state index in [1.807, 2.05) is 20.1 Å². The Hall–Kier alpha value is -2.16. The van der Waals surface area contributed by atoms with Crippen molar-refractivity contribution in [3.05, 3.63) is 17.0 Å². The zero-order chi connectivity index (χ0) is 18.0. The fraction of sp³-hybridized carbons (Fsp3) is 0.533. The second-order valence-corrected chi connectivity index (χ2v) is 6.39. The van der Waals surface area contributed by atoms with Crippen LogP contribution in [-0.4, -0.2) is 62.8 Å². The molecule has 0 saturated heterocycles. The lowest BCUT2D eigenvalue weighted by Gasteiger charge is -2.17. The van der Waals surface area contributed by atoms with Gasteiger partial charge in [-0.15, -0.1) is 5.10 Å². The number of esters is 1. The van der Waals surface area contributed by atoms with Gasteiger partial charge in [-0.3, -0.25) is 9.59 Å². The van der Waals surface area contributed by atoms with E-state index >= 15 is 0 Å². The van der Waals surface area contributed by atoms with E-state index in [1.54, 1.807) is 25.5 Å². The van der Waals surface area contributed by atoms with Gasteiger partial charge in [0.25, 0.3) is 11.7 Å². The van der Waals surface area contributed by atoms with Crippen LogP contribution < -0.4 is 0 Å². The van der Waals surface area contributed by atoms with Gasteiger partial charge in [0.2, 0.25) is 5.16 Å². The summed E-state index contributed by atoms with van der Waals surface area (Å²) in [6.45, 7) is 5.23. The van der Waals surface area contributed by atoms with E-state index in [2.05, 4.69) is 15.1 Å². The number of aromatic nitrogens is 4. The third-order valence-corrected chi connectivity index (χ3v) is 4.17. The van der Waals surface area contributed by atoms with Gasteiger partial charge < -0.3 is 9.64 Å². The molecule has 130 valence electrons. The summed E-state index contributed by atoms with van der Waals surface area (Å²) in [4.78, 5) is 34.1. The van der Waals surface area contributed by atoms with E-state index in [9.17, 15) is 9.59 Å². The molecule has 2 heterocycles. The molecule has 0 saturated carbocycles. The first kappa shape index (κ1) is 18.2. The second kappa shape index (κ2) is 7.16. The largest absolute Gasteiger partial charge is 0.452 e. The number of hydrogen-bond acceptors (Lipinski definition) is 7. The second-order valence-electron chi connectivity index (χ2n) is 5.61. The van der Waals surface area contributed by atoms with Crippen LogP contribution >= 0.6 is 11.8 Å². The van der Waals surface area contributed by atoms with E-state index in [1.165, 1.54) is 16.7 Å². The van der Waals surface area contributed by atoms with Crippen LogP contribution in [-0.2, 0) is 20.7 Å². The molecular weight excluding hydrogens is 330 g/mol. The lowest BCUT2D eigenvalue weighted by molar-refractivity contribution is -0.157. The molecule has 9 heteroatoms. The van der Waals surface area contributed by atoms with Crippen molar-refractivity contribution in [1.82, 2.24) is 24.5 Å². The van der Waals surface area contributed by atoms with E-state index in [0.717, 1.165) is 11.3 Å². The quantitative estimate of drug-likeness (QED) is 0.587. The van der Waals surface area contributed by atoms with Crippen LogP contribution in [0.25, 0.3) is 5.78 Å². The van der Waals surface area contributed by atoms with E-state index in [0.29, 0.717) is 16.6 Å². The molecule has 0 aliphatic carbocycles. The van der Waals surface area contributed by atoms with Crippen LogP contribution in [0, 0.1) is 13.8 Å². The van der Waals surface area contributed by atoms with Crippen LogP contribution in [0.15, 0.2) is 5.16 Å². The van der Waals surface area contributed by atoms with Crippen LogP contribution in [0.3, 0.4) is 0 Å². The summed E-state index contributed by atoms with van der Waals surface area (Å²) in [5, 5.41) is 4.97. The van der Waals surface area contributed by atoms with Crippen molar-refractivity contribution in [2.45, 2.75) is 38.5 Å². The number of nitrogens with zero attached hydrogens (tertiary/aromatic N) is 5. The van der Waals surface area contributed by atoms with E-state index < -0.39 is 12.1 Å². The van der Waals surface area contributed by atoms with Gasteiger partial charge in [-0.1, -0.05) is 11.8 Å². The third-order valence-electron chi connectivity index (χ3n) is 3.63.